The van der Waals surface area contributed by atoms with Gasteiger partial charge < -0.3 is 10.3 Å². The SMILES string of the molecule is CC(C)Cc1[nH]c2ncnc(Nc3ccc4[nH]ncc4c3)c2c1C(C)C. The van der Waals surface area contributed by atoms with Gasteiger partial charge in [0.05, 0.1) is 17.1 Å². The first kappa shape index (κ1) is 16.6. The van der Waals surface area contributed by atoms with Crippen LogP contribution in [0.15, 0.2) is 30.7 Å². The van der Waals surface area contributed by atoms with E-state index in [2.05, 4.69) is 64.2 Å². The van der Waals surface area contributed by atoms with Gasteiger partial charge in [0.2, 0.25) is 0 Å². The molecule has 1 aromatic carbocycles. The molecule has 0 fully saturated rings. The lowest BCUT2D eigenvalue weighted by Gasteiger charge is -2.12. The van der Waals surface area contributed by atoms with Crippen LogP contribution in [0.25, 0.3) is 21.9 Å². The molecular weight excluding hydrogens is 324 g/mol. The number of anilines is 2. The van der Waals surface area contributed by atoms with Crippen molar-refractivity contribution in [3.05, 3.63) is 42.0 Å². The molecule has 3 heterocycles. The van der Waals surface area contributed by atoms with Crippen molar-refractivity contribution in [3.63, 3.8) is 0 Å². The molecule has 0 aliphatic carbocycles. The van der Waals surface area contributed by atoms with Crippen LogP contribution >= 0.6 is 0 Å². The van der Waals surface area contributed by atoms with Gasteiger partial charge in [-0.2, -0.15) is 5.10 Å². The van der Waals surface area contributed by atoms with E-state index in [0.29, 0.717) is 11.8 Å². The summed E-state index contributed by atoms with van der Waals surface area (Å²) in [5, 5.41) is 12.7. The lowest BCUT2D eigenvalue weighted by molar-refractivity contribution is 0.630. The van der Waals surface area contributed by atoms with Crippen molar-refractivity contribution in [2.24, 2.45) is 5.92 Å². The van der Waals surface area contributed by atoms with Crippen molar-refractivity contribution >= 4 is 33.4 Å². The van der Waals surface area contributed by atoms with E-state index in [1.807, 2.05) is 18.3 Å². The molecule has 6 heteroatoms. The van der Waals surface area contributed by atoms with Crippen LogP contribution in [0.4, 0.5) is 11.5 Å². The van der Waals surface area contributed by atoms with Crippen molar-refractivity contribution in [3.8, 4) is 0 Å². The molecule has 134 valence electrons. The van der Waals surface area contributed by atoms with Crippen molar-refractivity contribution in [2.75, 3.05) is 5.32 Å². The summed E-state index contributed by atoms with van der Waals surface area (Å²) in [6.45, 7) is 8.92. The monoisotopic (exact) mass is 348 g/mol. The Kier molecular flexibility index (Phi) is 4.11. The number of aromatic amines is 2. The molecule has 3 aromatic heterocycles. The molecule has 26 heavy (non-hydrogen) atoms. The van der Waals surface area contributed by atoms with E-state index in [-0.39, 0.29) is 0 Å². The molecule has 3 N–H and O–H groups in total. The normalized spacial score (nSPS) is 11.9. The Bertz CT molecular complexity index is 1060. The summed E-state index contributed by atoms with van der Waals surface area (Å²) >= 11 is 0. The molecule has 0 radical (unpaired) electrons. The predicted octanol–water partition coefficient (Wildman–Crippen LogP) is 4.90. The van der Waals surface area contributed by atoms with Gasteiger partial charge in [-0.15, -0.1) is 0 Å². The number of fused-ring (bicyclic) bond motifs is 2. The zero-order chi connectivity index (χ0) is 18.3. The molecule has 0 aliphatic rings. The van der Waals surface area contributed by atoms with Crippen molar-refractivity contribution < 1.29 is 0 Å². The van der Waals surface area contributed by atoms with Gasteiger partial charge >= 0.3 is 0 Å². The second kappa shape index (κ2) is 6.44. The zero-order valence-corrected chi connectivity index (χ0v) is 15.6. The van der Waals surface area contributed by atoms with Crippen LogP contribution in [-0.2, 0) is 6.42 Å². The minimum absolute atomic E-state index is 0.389. The highest BCUT2D eigenvalue weighted by Gasteiger charge is 2.20. The van der Waals surface area contributed by atoms with E-state index in [1.165, 1.54) is 11.3 Å². The van der Waals surface area contributed by atoms with Crippen molar-refractivity contribution in [1.82, 2.24) is 25.1 Å². The van der Waals surface area contributed by atoms with Gasteiger partial charge in [0.15, 0.2) is 0 Å². The van der Waals surface area contributed by atoms with Gasteiger partial charge in [0.1, 0.15) is 17.8 Å². The topological polar surface area (TPSA) is 82.3 Å². The number of benzene rings is 1. The summed E-state index contributed by atoms with van der Waals surface area (Å²) in [5.74, 6) is 1.81. The van der Waals surface area contributed by atoms with Crippen molar-refractivity contribution in [1.29, 1.82) is 0 Å². The zero-order valence-electron chi connectivity index (χ0n) is 15.6. The molecule has 0 amide bonds. The van der Waals surface area contributed by atoms with Gasteiger partial charge in [-0.3, -0.25) is 5.10 Å². The lowest BCUT2D eigenvalue weighted by Crippen LogP contribution is -2.01. The maximum Gasteiger partial charge on any atom is 0.143 e. The summed E-state index contributed by atoms with van der Waals surface area (Å²) in [7, 11) is 0. The second-order valence-corrected chi connectivity index (χ2v) is 7.51. The smallest absolute Gasteiger partial charge is 0.143 e. The third-order valence-corrected chi connectivity index (χ3v) is 4.60. The maximum absolute atomic E-state index is 4.54. The fourth-order valence-corrected chi connectivity index (χ4v) is 3.55. The molecule has 0 spiro atoms. The Hall–Kier alpha value is -2.89. The highest BCUT2D eigenvalue weighted by Crippen LogP contribution is 2.34. The average Bonchev–Trinajstić information content (AvgIpc) is 3.18. The van der Waals surface area contributed by atoms with Crippen LogP contribution < -0.4 is 5.32 Å². The molecular formula is C20H24N6. The average molecular weight is 348 g/mol. The molecule has 0 unspecified atom stereocenters. The Morgan fingerprint density at radius 1 is 1.12 bits per heavy atom. The van der Waals surface area contributed by atoms with Gasteiger partial charge in [-0.1, -0.05) is 27.7 Å². The van der Waals surface area contributed by atoms with E-state index >= 15 is 0 Å². The molecule has 0 bridgehead atoms. The maximum atomic E-state index is 4.54. The largest absolute Gasteiger partial charge is 0.343 e. The molecule has 4 aromatic rings. The van der Waals surface area contributed by atoms with E-state index in [0.717, 1.165) is 39.9 Å². The summed E-state index contributed by atoms with van der Waals surface area (Å²) in [6, 6.07) is 6.13. The highest BCUT2D eigenvalue weighted by atomic mass is 15.1. The first-order valence-electron chi connectivity index (χ1n) is 9.08. The lowest BCUT2D eigenvalue weighted by atomic mass is 9.96. The van der Waals surface area contributed by atoms with E-state index in [9.17, 15) is 0 Å². The molecule has 0 saturated carbocycles. The number of hydrogen-bond donors (Lipinski definition) is 3. The van der Waals surface area contributed by atoms with Crippen LogP contribution in [0.1, 0.15) is 44.9 Å². The minimum atomic E-state index is 0.389. The van der Waals surface area contributed by atoms with Gasteiger partial charge in [0, 0.05) is 16.8 Å². The number of H-pyrrole nitrogens is 2. The predicted molar refractivity (Wildman–Crippen MR) is 106 cm³/mol. The number of hydrogen-bond acceptors (Lipinski definition) is 4. The molecule has 4 rings (SSSR count). The van der Waals surface area contributed by atoms with Crippen LogP contribution in [0, 0.1) is 5.92 Å². The third-order valence-electron chi connectivity index (χ3n) is 4.60. The van der Waals surface area contributed by atoms with Gasteiger partial charge in [-0.25, -0.2) is 9.97 Å². The Balaban J connectivity index is 1.82. The van der Waals surface area contributed by atoms with E-state index < -0.39 is 0 Å². The molecule has 0 aliphatic heterocycles. The molecule has 0 atom stereocenters. The number of rotatable bonds is 5. The summed E-state index contributed by atoms with van der Waals surface area (Å²) in [4.78, 5) is 12.5. The molecule has 0 saturated heterocycles. The van der Waals surface area contributed by atoms with Crippen LogP contribution in [-0.4, -0.2) is 25.1 Å². The van der Waals surface area contributed by atoms with Gasteiger partial charge in [0.25, 0.3) is 0 Å². The van der Waals surface area contributed by atoms with Crippen molar-refractivity contribution in [2.45, 2.75) is 40.0 Å². The fourth-order valence-electron chi connectivity index (χ4n) is 3.55. The minimum Gasteiger partial charge on any atom is -0.343 e. The molecule has 6 nitrogen and oxygen atoms in total. The first-order chi connectivity index (χ1) is 12.5. The fraction of sp³-hybridized carbons (Fsp3) is 0.350. The number of nitrogens with one attached hydrogen (secondary N) is 3. The van der Waals surface area contributed by atoms with Crippen LogP contribution in [0.2, 0.25) is 0 Å². The summed E-state index contributed by atoms with van der Waals surface area (Å²) in [5.41, 5.74) is 5.47. The van der Waals surface area contributed by atoms with Crippen LogP contribution in [0.5, 0.6) is 0 Å². The van der Waals surface area contributed by atoms with Gasteiger partial charge in [-0.05, 0) is 42.0 Å². The standard InChI is InChI=1S/C20H24N6/c1-11(2)7-16-17(12(3)4)18-19(21-10-22-20(18)25-16)24-14-5-6-15-13(8-14)9-23-26-15/h5-6,8-12H,7H2,1-4H3,(H,23,26)(H2,21,22,24,25). The number of aromatic nitrogens is 5. The highest BCUT2D eigenvalue weighted by molar-refractivity contribution is 5.94. The summed E-state index contributed by atoms with van der Waals surface area (Å²) < 4.78 is 0. The van der Waals surface area contributed by atoms with E-state index in [1.54, 1.807) is 6.33 Å². The Morgan fingerprint density at radius 2 is 1.96 bits per heavy atom. The Labute approximate surface area is 152 Å². The third kappa shape index (κ3) is 2.92. The quantitative estimate of drug-likeness (QED) is 0.479. The van der Waals surface area contributed by atoms with Crippen LogP contribution in [0.3, 0.4) is 0 Å². The summed E-state index contributed by atoms with van der Waals surface area (Å²) in [6.07, 6.45) is 4.44. The number of nitrogens with zero attached hydrogens (tertiary/aromatic N) is 3. The Morgan fingerprint density at radius 3 is 2.73 bits per heavy atom. The first-order valence-corrected chi connectivity index (χ1v) is 9.08. The second-order valence-electron chi connectivity index (χ2n) is 7.51. The van der Waals surface area contributed by atoms with E-state index in [4.69, 9.17) is 0 Å².